The van der Waals surface area contributed by atoms with Gasteiger partial charge in [-0.3, -0.25) is 0 Å². The summed E-state index contributed by atoms with van der Waals surface area (Å²) in [7, 11) is 1.58. The van der Waals surface area contributed by atoms with Crippen LogP contribution in [0.1, 0.15) is 38.0 Å². The third-order valence-corrected chi connectivity index (χ3v) is 4.18. The monoisotopic (exact) mass is 332 g/mol. The molecule has 1 aliphatic carbocycles. The number of aromatic nitrogens is 2. The van der Waals surface area contributed by atoms with Gasteiger partial charge in [0.05, 0.1) is 7.11 Å². The molecular weight excluding hydrogens is 312 g/mol. The van der Waals surface area contributed by atoms with Crippen molar-refractivity contribution in [3.05, 3.63) is 30.2 Å². The second-order valence-electron chi connectivity index (χ2n) is 5.91. The van der Waals surface area contributed by atoms with Crippen LogP contribution >= 0.6 is 0 Å². The van der Waals surface area contributed by atoms with Gasteiger partial charge in [0.25, 0.3) is 5.89 Å². The van der Waals surface area contributed by atoms with E-state index in [4.69, 9.17) is 14.0 Å². The van der Waals surface area contributed by atoms with Crippen LogP contribution in [0.4, 0.5) is 0 Å². The lowest BCUT2D eigenvalue weighted by Gasteiger charge is -2.29. The molecular formula is C17H20N2O5. The molecule has 0 amide bonds. The highest BCUT2D eigenvalue weighted by Crippen LogP contribution is 2.29. The molecule has 1 aromatic carbocycles. The van der Waals surface area contributed by atoms with Crippen molar-refractivity contribution < 1.29 is 23.9 Å². The number of hydrogen-bond acceptors (Lipinski definition) is 7. The molecule has 0 aliphatic heterocycles. The molecule has 0 spiro atoms. The first-order valence-corrected chi connectivity index (χ1v) is 7.97. The second-order valence-corrected chi connectivity index (χ2v) is 5.91. The minimum absolute atomic E-state index is 0.155. The van der Waals surface area contributed by atoms with Crippen LogP contribution in [-0.2, 0) is 16.1 Å². The summed E-state index contributed by atoms with van der Waals surface area (Å²) in [5, 5.41) is 14.2. The first-order valence-electron chi connectivity index (χ1n) is 7.97. The van der Waals surface area contributed by atoms with Gasteiger partial charge in [0, 0.05) is 5.56 Å². The van der Waals surface area contributed by atoms with E-state index in [2.05, 4.69) is 10.1 Å². The molecule has 2 aromatic rings. The van der Waals surface area contributed by atoms with Crippen molar-refractivity contribution in [1.29, 1.82) is 0 Å². The Morgan fingerprint density at radius 3 is 2.88 bits per heavy atom. The van der Waals surface area contributed by atoms with Crippen molar-refractivity contribution in [2.24, 2.45) is 0 Å². The maximum atomic E-state index is 12.1. The fourth-order valence-electron chi connectivity index (χ4n) is 2.80. The van der Waals surface area contributed by atoms with Crippen LogP contribution in [0, 0.1) is 0 Å². The Morgan fingerprint density at radius 1 is 1.33 bits per heavy atom. The normalized spacial score (nSPS) is 16.6. The number of methoxy groups -OCH3 is 1. The highest BCUT2D eigenvalue weighted by atomic mass is 16.6. The van der Waals surface area contributed by atoms with Crippen molar-refractivity contribution in [1.82, 2.24) is 10.1 Å². The first-order chi connectivity index (χ1) is 11.6. The Hall–Kier alpha value is -2.41. The quantitative estimate of drug-likeness (QED) is 0.840. The van der Waals surface area contributed by atoms with Crippen molar-refractivity contribution in [2.75, 3.05) is 7.11 Å². The molecule has 3 rings (SSSR count). The lowest BCUT2D eigenvalue weighted by Crippen LogP contribution is -2.41. The maximum Gasteiger partial charge on any atom is 0.338 e. The van der Waals surface area contributed by atoms with Gasteiger partial charge in [-0.1, -0.05) is 23.7 Å². The van der Waals surface area contributed by atoms with Gasteiger partial charge in [-0.05, 0) is 37.8 Å². The molecule has 1 heterocycles. The second kappa shape index (κ2) is 7.00. The fourth-order valence-corrected chi connectivity index (χ4v) is 2.80. The maximum absolute atomic E-state index is 12.1. The van der Waals surface area contributed by atoms with Gasteiger partial charge in [0.1, 0.15) is 5.75 Å². The van der Waals surface area contributed by atoms with Crippen molar-refractivity contribution in [3.63, 3.8) is 0 Å². The topological polar surface area (TPSA) is 94.7 Å². The number of aliphatic hydroxyl groups is 1. The van der Waals surface area contributed by atoms with Crippen LogP contribution in [0.2, 0.25) is 0 Å². The predicted octanol–water partition coefficient (Wildman–Crippen LogP) is 2.48. The molecule has 0 radical (unpaired) electrons. The zero-order valence-electron chi connectivity index (χ0n) is 13.5. The highest BCUT2D eigenvalue weighted by Gasteiger charge is 2.38. The van der Waals surface area contributed by atoms with E-state index in [-0.39, 0.29) is 12.5 Å². The van der Waals surface area contributed by atoms with E-state index in [1.54, 1.807) is 13.2 Å². The predicted molar refractivity (Wildman–Crippen MR) is 84.1 cm³/mol. The Kier molecular flexibility index (Phi) is 4.80. The summed E-state index contributed by atoms with van der Waals surface area (Å²) >= 11 is 0. The third-order valence-electron chi connectivity index (χ3n) is 4.18. The molecule has 128 valence electrons. The Bertz CT molecular complexity index is 707. The van der Waals surface area contributed by atoms with Crippen LogP contribution in [0.25, 0.3) is 11.4 Å². The molecule has 7 nitrogen and oxygen atoms in total. The van der Waals surface area contributed by atoms with E-state index in [1.807, 2.05) is 18.2 Å². The number of hydrogen-bond donors (Lipinski definition) is 1. The zero-order chi connectivity index (χ0) is 17.0. The third kappa shape index (κ3) is 3.56. The summed E-state index contributed by atoms with van der Waals surface area (Å²) < 4.78 is 15.4. The average molecular weight is 332 g/mol. The van der Waals surface area contributed by atoms with Gasteiger partial charge in [-0.25, -0.2) is 4.79 Å². The van der Waals surface area contributed by atoms with E-state index < -0.39 is 11.6 Å². The minimum atomic E-state index is -1.38. The van der Waals surface area contributed by atoms with Crippen LogP contribution < -0.4 is 4.74 Å². The molecule has 0 bridgehead atoms. The summed E-state index contributed by atoms with van der Waals surface area (Å²) in [5.41, 5.74) is -0.643. The zero-order valence-corrected chi connectivity index (χ0v) is 13.5. The largest absolute Gasteiger partial charge is 0.497 e. The number of esters is 1. The van der Waals surface area contributed by atoms with E-state index in [0.29, 0.717) is 24.4 Å². The summed E-state index contributed by atoms with van der Waals surface area (Å²) in [6.07, 6.45) is 3.55. The number of nitrogens with zero attached hydrogens (tertiary/aromatic N) is 2. The van der Waals surface area contributed by atoms with Crippen LogP contribution in [0.5, 0.6) is 5.75 Å². The molecule has 7 heteroatoms. The number of ether oxygens (including phenoxy) is 2. The van der Waals surface area contributed by atoms with Gasteiger partial charge in [0.2, 0.25) is 5.82 Å². The van der Waals surface area contributed by atoms with Gasteiger partial charge in [0.15, 0.2) is 12.2 Å². The molecule has 1 aromatic heterocycles. The van der Waals surface area contributed by atoms with E-state index in [1.165, 1.54) is 0 Å². The molecule has 0 unspecified atom stereocenters. The number of rotatable bonds is 5. The average Bonchev–Trinajstić information content (AvgIpc) is 3.09. The smallest absolute Gasteiger partial charge is 0.338 e. The van der Waals surface area contributed by atoms with Crippen molar-refractivity contribution in [2.45, 2.75) is 44.3 Å². The van der Waals surface area contributed by atoms with Crippen molar-refractivity contribution in [3.8, 4) is 17.1 Å². The highest BCUT2D eigenvalue weighted by molar-refractivity contribution is 5.79. The van der Waals surface area contributed by atoms with Crippen LogP contribution in [-0.4, -0.2) is 33.9 Å². The lowest BCUT2D eigenvalue weighted by molar-refractivity contribution is -0.171. The molecule has 0 atom stereocenters. The molecule has 1 fully saturated rings. The molecule has 1 N–H and O–H groups in total. The van der Waals surface area contributed by atoms with Gasteiger partial charge in [-0.2, -0.15) is 4.98 Å². The minimum Gasteiger partial charge on any atom is -0.497 e. The van der Waals surface area contributed by atoms with Gasteiger partial charge >= 0.3 is 5.97 Å². The summed E-state index contributed by atoms with van der Waals surface area (Å²) in [6, 6.07) is 7.25. The number of benzene rings is 1. The standard InChI is InChI=1S/C17H20N2O5/c1-22-13-7-5-6-12(10-13)15-18-14(24-19-15)11-23-16(20)17(21)8-3-2-4-9-17/h5-7,10,21H,2-4,8-9,11H2,1H3. The van der Waals surface area contributed by atoms with Gasteiger partial charge in [-0.15, -0.1) is 0 Å². The summed E-state index contributed by atoms with van der Waals surface area (Å²) in [4.78, 5) is 16.3. The van der Waals surface area contributed by atoms with Crippen molar-refractivity contribution >= 4 is 5.97 Å². The van der Waals surface area contributed by atoms with E-state index in [0.717, 1.165) is 24.8 Å². The Labute approximate surface area is 139 Å². The summed E-state index contributed by atoms with van der Waals surface area (Å²) in [5.74, 6) is 0.630. The molecule has 24 heavy (non-hydrogen) atoms. The van der Waals surface area contributed by atoms with E-state index >= 15 is 0 Å². The van der Waals surface area contributed by atoms with Gasteiger partial charge < -0.3 is 19.1 Å². The Morgan fingerprint density at radius 2 is 2.12 bits per heavy atom. The molecule has 1 saturated carbocycles. The Balaban J connectivity index is 1.62. The lowest BCUT2D eigenvalue weighted by atomic mass is 9.85. The summed E-state index contributed by atoms with van der Waals surface area (Å²) in [6.45, 7) is -0.155. The SMILES string of the molecule is COc1cccc(-c2noc(COC(=O)C3(O)CCCCC3)n2)c1. The fraction of sp³-hybridized carbons (Fsp3) is 0.471. The van der Waals surface area contributed by atoms with E-state index in [9.17, 15) is 9.90 Å². The first kappa shape index (κ1) is 16.4. The van der Waals surface area contributed by atoms with Crippen LogP contribution in [0.3, 0.4) is 0 Å². The number of carbonyl (C=O) groups is 1. The molecule has 0 saturated heterocycles. The van der Waals surface area contributed by atoms with Crippen LogP contribution in [0.15, 0.2) is 28.8 Å². The molecule has 1 aliphatic rings. The number of carbonyl (C=O) groups excluding carboxylic acids is 1.